The number of aryl methyl sites for hydroxylation is 2. The van der Waals surface area contributed by atoms with E-state index in [1.54, 1.807) is 19.2 Å². The summed E-state index contributed by atoms with van der Waals surface area (Å²) in [6.45, 7) is 3.85. The third-order valence-electron chi connectivity index (χ3n) is 4.54. The molecule has 0 spiro atoms. The number of carbonyl (C=O) groups excluding carboxylic acids is 1. The molecule has 2 N–H and O–H groups in total. The van der Waals surface area contributed by atoms with Gasteiger partial charge in [-0.05, 0) is 62.8 Å². The van der Waals surface area contributed by atoms with E-state index in [9.17, 15) is 9.59 Å². The van der Waals surface area contributed by atoms with Gasteiger partial charge in [-0.1, -0.05) is 0 Å². The first-order chi connectivity index (χ1) is 11.4. The standard InChI is InChI=1S/C18H25NO5/c1-12-9-14(10-13(2)16(12)24-11-15(20)21)17(22)19-18(5-4-6-18)7-8-23-3/h9-10H,4-8,11H2,1-3H3,(H,19,22)(H,20,21). The zero-order valence-electron chi connectivity index (χ0n) is 14.5. The molecule has 2 rings (SSSR count). The molecule has 0 aromatic heterocycles. The van der Waals surface area contributed by atoms with Crippen LogP contribution in [0.3, 0.4) is 0 Å². The van der Waals surface area contributed by atoms with Crippen LogP contribution in [0.15, 0.2) is 12.1 Å². The molecule has 24 heavy (non-hydrogen) atoms. The van der Waals surface area contributed by atoms with Crippen molar-refractivity contribution < 1.29 is 24.2 Å². The van der Waals surface area contributed by atoms with Crippen LogP contribution in [0, 0.1) is 13.8 Å². The van der Waals surface area contributed by atoms with Gasteiger partial charge in [0.2, 0.25) is 0 Å². The lowest BCUT2D eigenvalue weighted by Crippen LogP contribution is -2.54. The van der Waals surface area contributed by atoms with Crippen molar-refractivity contribution in [3.05, 3.63) is 28.8 Å². The highest BCUT2D eigenvalue weighted by Gasteiger charge is 2.38. The predicted molar refractivity (Wildman–Crippen MR) is 89.6 cm³/mol. The number of aliphatic carboxylic acids is 1. The van der Waals surface area contributed by atoms with Crippen LogP contribution in [0.4, 0.5) is 0 Å². The summed E-state index contributed by atoms with van der Waals surface area (Å²) >= 11 is 0. The lowest BCUT2D eigenvalue weighted by molar-refractivity contribution is -0.139. The molecule has 1 fully saturated rings. The van der Waals surface area contributed by atoms with Crippen molar-refractivity contribution in [2.24, 2.45) is 0 Å². The zero-order chi connectivity index (χ0) is 17.7. The zero-order valence-corrected chi connectivity index (χ0v) is 14.5. The number of nitrogens with one attached hydrogen (secondary N) is 1. The average molecular weight is 335 g/mol. The Hall–Kier alpha value is -2.08. The monoisotopic (exact) mass is 335 g/mol. The third kappa shape index (κ3) is 4.26. The number of rotatable bonds is 8. The molecular formula is C18H25NO5. The van der Waals surface area contributed by atoms with E-state index in [0.717, 1.165) is 36.8 Å². The fraction of sp³-hybridized carbons (Fsp3) is 0.556. The van der Waals surface area contributed by atoms with Gasteiger partial charge in [0.1, 0.15) is 5.75 Å². The number of hydrogen-bond acceptors (Lipinski definition) is 4. The molecule has 6 nitrogen and oxygen atoms in total. The van der Waals surface area contributed by atoms with Gasteiger partial charge < -0.3 is 19.9 Å². The van der Waals surface area contributed by atoms with Crippen LogP contribution >= 0.6 is 0 Å². The summed E-state index contributed by atoms with van der Waals surface area (Å²) in [5.41, 5.74) is 1.91. The summed E-state index contributed by atoms with van der Waals surface area (Å²) in [7, 11) is 1.66. The molecule has 1 amide bonds. The van der Waals surface area contributed by atoms with E-state index in [-0.39, 0.29) is 11.4 Å². The normalized spacial score (nSPS) is 15.5. The number of hydrogen-bond donors (Lipinski definition) is 2. The first-order valence-corrected chi connectivity index (χ1v) is 8.14. The van der Waals surface area contributed by atoms with E-state index in [1.807, 2.05) is 13.8 Å². The lowest BCUT2D eigenvalue weighted by atomic mass is 9.74. The minimum atomic E-state index is -1.03. The Kier molecular flexibility index (Phi) is 5.83. The Balaban J connectivity index is 2.11. The summed E-state index contributed by atoms with van der Waals surface area (Å²) in [6.07, 6.45) is 3.87. The highest BCUT2D eigenvalue weighted by molar-refractivity contribution is 5.95. The molecule has 0 heterocycles. The number of ether oxygens (including phenoxy) is 2. The van der Waals surface area contributed by atoms with E-state index in [4.69, 9.17) is 14.6 Å². The summed E-state index contributed by atoms with van der Waals surface area (Å²) in [5, 5.41) is 11.9. The topological polar surface area (TPSA) is 84.9 Å². The van der Waals surface area contributed by atoms with Crippen molar-refractivity contribution in [2.75, 3.05) is 20.3 Å². The van der Waals surface area contributed by atoms with Crippen LogP contribution in [-0.4, -0.2) is 42.8 Å². The largest absolute Gasteiger partial charge is 0.481 e. The van der Waals surface area contributed by atoms with Crippen LogP contribution in [0.25, 0.3) is 0 Å². The van der Waals surface area contributed by atoms with E-state index in [0.29, 0.717) is 17.9 Å². The fourth-order valence-corrected chi connectivity index (χ4v) is 3.09. The van der Waals surface area contributed by atoms with Gasteiger partial charge in [0.25, 0.3) is 5.91 Å². The van der Waals surface area contributed by atoms with Crippen LogP contribution < -0.4 is 10.1 Å². The highest BCUT2D eigenvalue weighted by Crippen LogP contribution is 2.35. The maximum absolute atomic E-state index is 12.6. The van der Waals surface area contributed by atoms with Gasteiger partial charge in [-0.3, -0.25) is 4.79 Å². The van der Waals surface area contributed by atoms with Crippen LogP contribution in [0.2, 0.25) is 0 Å². The average Bonchev–Trinajstić information content (AvgIpc) is 2.48. The van der Waals surface area contributed by atoms with Gasteiger partial charge in [0.15, 0.2) is 6.61 Å². The van der Waals surface area contributed by atoms with Crippen molar-refractivity contribution in [2.45, 2.75) is 45.1 Å². The molecule has 6 heteroatoms. The summed E-state index contributed by atoms with van der Waals surface area (Å²) in [4.78, 5) is 23.3. The van der Waals surface area contributed by atoms with E-state index >= 15 is 0 Å². The number of amides is 1. The van der Waals surface area contributed by atoms with Gasteiger partial charge >= 0.3 is 5.97 Å². The van der Waals surface area contributed by atoms with E-state index in [1.165, 1.54) is 0 Å². The third-order valence-corrected chi connectivity index (χ3v) is 4.54. The fourth-order valence-electron chi connectivity index (χ4n) is 3.09. The quantitative estimate of drug-likeness (QED) is 0.762. The Bertz CT molecular complexity index is 599. The minimum Gasteiger partial charge on any atom is -0.481 e. The number of carboxylic acid groups (broad SMARTS) is 1. The maximum atomic E-state index is 12.6. The van der Waals surface area contributed by atoms with Crippen molar-refractivity contribution in [3.8, 4) is 5.75 Å². The molecule has 1 aromatic rings. The van der Waals surface area contributed by atoms with Gasteiger partial charge in [0.05, 0.1) is 0 Å². The second-order valence-corrected chi connectivity index (χ2v) is 6.45. The Morgan fingerprint density at radius 2 is 1.88 bits per heavy atom. The molecule has 1 saturated carbocycles. The molecular weight excluding hydrogens is 310 g/mol. The number of benzene rings is 1. The number of carboxylic acids is 1. The smallest absolute Gasteiger partial charge is 0.341 e. The Morgan fingerprint density at radius 3 is 2.33 bits per heavy atom. The van der Waals surface area contributed by atoms with Crippen molar-refractivity contribution >= 4 is 11.9 Å². The van der Waals surface area contributed by atoms with E-state index < -0.39 is 12.6 Å². The second kappa shape index (κ2) is 7.66. The molecule has 1 aliphatic rings. The summed E-state index contributed by atoms with van der Waals surface area (Å²) in [6, 6.07) is 3.48. The second-order valence-electron chi connectivity index (χ2n) is 6.45. The Labute approximate surface area is 142 Å². The van der Waals surface area contributed by atoms with Crippen molar-refractivity contribution in [1.82, 2.24) is 5.32 Å². The molecule has 0 atom stereocenters. The van der Waals surface area contributed by atoms with Crippen molar-refractivity contribution in [3.63, 3.8) is 0 Å². The molecule has 0 saturated heterocycles. The SMILES string of the molecule is COCCC1(NC(=O)c2cc(C)c(OCC(=O)O)c(C)c2)CCC1. The maximum Gasteiger partial charge on any atom is 0.341 e. The predicted octanol–water partition coefficient (Wildman–Crippen LogP) is 2.46. The molecule has 1 aliphatic carbocycles. The van der Waals surface area contributed by atoms with Gasteiger partial charge in [-0.15, -0.1) is 0 Å². The molecule has 132 valence electrons. The molecule has 0 bridgehead atoms. The summed E-state index contributed by atoms with van der Waals surface area (Å²) in [5.74, 6) is -0.617. The van der Waals surface area contributed by atoms with Crippen LogP contribution in [0.5, 0.6) is 5.75 Å². The molecule has 0 unspecified atom stereocenters. The number of methoxy groups -OCH3 is 1. The molecule has 0 radical (unpaired) electrons. The summed E-state index contributed by atoms with van der Waals surface area (Å²) < 4.78 is 10.4. The molecule has 1 aromatic carbocycles. The van der Waals surface area contributed by atoms with Gasteiger partial charge in [-0.25, -0.2) is 4.79 Å². The van der Waals surface area contributed by atoms with Crippen LogP contribution in [0.1, 0.15) is 47.2 Å². The number of carbonyl (C=O) groups is 2. The Morgan fingerprint density at radius 1 is 1.25 bits per heavy atom. The highest BCUT2D eigenvalue weighted by atomic mass is 16.5. The minimum absolute atomic E-state index is 0.109. The first-order valence-electron chi connectivity index (χ1n) is 8.14. The van der Waals surface area contributed by atoms with Crippen molar-refractivity contribution in [1.29, 1.82) is 0 Å². The van der Waals surface area contributed by atoms with Gasteiger partial charge in [-0.2, -0.15) is 0 Å². The van der Waals surface area contributed by atoms with Gasteiger partial charge in [0, 0.05) is 24.8 Å². The lowest BCUT2D eigenvalue weighted by Gasteiger charge is -2.42. The van der Waals surface area contributed by atoms with E-state index in [2.05, 4.69) is 5.32 Å². The molecule has 0 aliphatic heterocycles. The first kappa shape index (κ1) is 18.3. The van der Waals surface area contributed by atoms with Crippen LogP contribution in [-0.2, 0) is 9.53 Å².